The largest absolute Gasteiger partial charge is 0.374 e. The van der Waals surface area contributed by atoms with Gasteiger partial charge >= 0.3 is 0 Å². The molecule has 0 aliphatic carbocycles. The minimum atomic E-state index is -1.00. The van der Waals surface area contributed by atoms with Crippen LogP contribution in [0.2, 0.25) is 0 Å². The average Bonchev–Trinajstić information content (AvgIpc) is 2.61. The fourth-order valence-electron chi connectivity index (χ4n) is 2.10. The van der Waals surface area contributed by atoms with E-state index in [9.17, 15) is 4.21 Å². The molecule has 0 saturated heterocycles. The molecular formula is C19H24O4S. The van der Waals surface area contributed by atoms with Crippen LogP contribution in [0.5, 0.6) is 0 Å². The first-order valence-corrected chi connectivity index (χ1v) is 9.61. The molecule has 1 atom stereocenters. The van der Waals surface area contributed by atoms with Crippen molar-refractivity contribution in [2.24, 2.45) is 0 Å². The van der Waals surface area contributed by atoms with Gasteiger partial charge in [0.25, 0.3) is 0 Å². The first-order valence-electron chi connectivity index (χ1n) is 7.89. The van der Waals surface area contributed by atoms with Crippen LogP contribution in [0.4, 0.5) is 0 Å². The quantitative estimate of drug-likeness (QED) is 0.626. The van der Waals surface area contributed by atoms with Crippen molar-refractivity contribution >= 4 is 10.8 Å². The van der Waals surface area contributed by atoms with Crippen LogP contribution in [0, 0.1) is 0 Å². The highest BCUT2D eigenvalue weighted by Gasteiger charge is 2.11. The van der Waals surface area contributed by atoms with E-state index in [4.69, 9.17) is 14.2 Å². The SMILES string of the molecule is CS(=O)COC(COCc1ccccc1)COCc1ccccc1. The second kappa shape index (κ2) is 11.1. The minimum Gasteiger partial charge on any atom is -0.374 e. The topological polar surface area (TPSA) is 44.8 Å². The second-order valence-electron chi connectivity index (χ2n) is 5.48. The molecule has 2 aromatic carbocycles. The van der Waals surface area contributed by atoms with Crippen molar-refractivity contribution in [2.45, 2.75) is 19.3 Å². The summed E-state index contributed by atoms with van der Waals surface area (Å²) in [6.07, 6.45) is 1.38. The summed E-state index contributed by atoms with van der Waals surface area (Å²) in [5.74, 6) is 0.189. The Kier molecular flexibility index (Phi) is 8.70. The van der Waals surface area contributed by atoms with Gasteiger partial charge in [-0.25, -0.2) is 0 Å². The Bertz CT molecular complexity index is 543. The zero-order chi connectivity index (χ0) is 17.0. The zero-order valence-corrected chi connectivity index (χ0v) is 14.7. The van der Waals surface area contributed by atoms with Gasteiger partial charge in [0, 0.05) is 17.1 Å². The Hall–Kier alpha value is -1.53. The van der Waals surface area contributed by atoms with Crippen LogP contribution in [0.3, 0.4) is 0 Å². The number of rotatable bonds is 11. The van der Waals surface area contributed by atoms with E-state index in [0.29, 0.717) is 26.4 Å². The molecule has 130 valence electrons. The molecule has 0 fully saturated rings. The Morgan fingerprint density at radius 3 is 1.71 bits per heavy atom. The van der Waals surface area contributed by atoms with Gasteiger partial charge in [-0.05, 0) is 11.1 Å². The lowest BCUT2D eigenvalue weighted by Gasteiger charge is -2.18. The summed E-state index contributed by atoms with van der Waals surface area (Å²) in [6, 6.07) is 19.9. The van der Waals surface area contributed by atoms with Gasteiger partial charge in [0.1, 0.15) is 12.0 Å². The molecule has 0 N–H and O–H groups in total. The first kappa shape index (κ1) is 18.8. The summed E-state index contributed by atoms with van der Waals surface area (Å²) in [6.45, 7) is 1.85. The molecule has 0 amide bonds. The highest BCUT2D eigenvalue weighted by molar-refractivity contribution is 7.84. The van der Waals surface area contributed by atoms with Gasteiger partial charge in [-0.1, -0.05) is 60.7 Å². The van der Waals surface area contributed by atoms with Gasteiger partial charge in [0.2, 0.25) is 0 Å². The van der Waals surface area contributed by atoms with Gasteiger partial charge in [0.15, 0.2) is 0 Å². The maximum Gasteiger partial charge on any atom is 0.122 e. The number of ether oxygens (including phenoxy) is 3. The van der Waals surface area contributed by atoms with Crippen LogP contribution in [-0.4, -0.2) is 35.7 Å². The normalized spacial score (nSPS) is 12.4. The van der Waals surface area contributed by atoms with Gasteiger partial charge in [-0.3, -0.25) is 4.21 Å². The molecule has 0 radical (unpaired) electrons. The standard InChI is InChI=1S/C19H24O4S/c1-24(20)16-23-19(14-21-12-17-8-4-2-5-9-17)15-22-13-18-10-6-3-7-11-18/h2-11,19H,12-16H2,1H3. The van der Waals surface area contributed by atoms with Crippen LogP contribution in [0.1, 0.15) is 11.1 Å². The Labute approximate surface area is 146 Å². The van der Waals surface area contributed by atoms with Crippen molar-refractivity contribution in [1.82, 2.24) is 0 Å². The summed E-state index contributed by atoms with van der Waals surface area (Å²) >= 11 is 0. The smallest absolute Gasteiger partial charge is 0.122 e. The van der Waals surface area contributed by atoms with Gasteiger partial charge in [-0.2, -0.15) is 0 Å². The Balaban J connectivity index is 1.74. The third-order valence-corrected chi connectivity index (χ3v) is 3.77. The van der Waals surface area contributed by atoms with E-state index < -0.39 is 10.8 Å². The monoisotopic (exact) mass is 348 g/mol. The molecule has 0 saturated carbocycles. The molecule has 0 heterocycles. The van der Waals surface area contributed by atoms with Gasteiger partial charge in [-0.15, -0.1) is 0 Å². The van der Waals surface area contributed by atoms with Crippen LogP contribution in [-0.2, 0) is 38.2 Å². The van der Waals surface area contributed by atoms with Gasteiger partial charge < -0.3 is 14.2 Å². The molecule has 2 rings (SSSR count). The Morgan fingerprint density at radius 2 is 1.29 bits per heavy atom. The summed E-state index contributed by atoms with van der Waals surface area (Å²) in [5.41, 5.74) is 2.22. The molecule has 24 heavy (non-hydrogen) atoms. The van der Waals surface area contributed by atoms with Crippen molar-refractivity contribution < 1.29 is 18.4 Å². The van der Waals surface area contributed by atoms with E-state index >= 15 is 0 Å². The third kappa shape index (κ3) is 7.84. The summed E-state index contributed by atoms with van der Waals surface area (Å²) in [5, 5.41) is 0. The summed E-state index contributed by atoms with van der Waals surface area (Å²) in [4.78, 5) is 0. The third-order valence-electron chi connectivity index (χ3n) is 3.30. The van der Waals surface area contributed by atoms with E-state index in [0.717, 1.165) is 11.1 Å². The van der Waals surface area contributed by atoms with Crippen LogP contribution in [0.15, 0.2) is 60.7 Å². The van der Waals surface area contributed by atoms with Crippen LogP contribution < -0.4 is 0 Å². The molecular weight excluding hydrogens is 324 g/mol. The van der Waals surface area contributed by atoms with Crippen molar-refractivity contribution in [1.29, 1.82) is 0 Å². The molecule has 1 unspecified atom stereocenters. The molecule has 0 aliphatic rings. The maximum atomic E-state index is 11.2. The van der Waals surface area contributed by atoms with Crippen molar-refractivity contribution in [3.05, 3.63) is 71.8 Å². The minimum absolute atomic E-state index is 0.189. The predicted octanol–water partition coefficient (Wildman–Crippen LogP) is 3.14. The highest BCUT2D eigenvalue weighted by Crippen LogP contribution is 2.05. The maximum absolute atomic E-state index is 11.2. The fourth-order valence-corrected chi connectivity index (χ4v) is 2.49. The lowest BCUT2D eigenvalue weighted by atomic mass is 10.2. The fraction of sp³-hybridized carbons (Fsp3) is 0.368. The molecule has 0 spiro atoms. The highest BCUT2D eigenvalue weighted by atomic mass is 32.2. The lowest BCUT2D eigenvalue weighted by molar-refractivity contribution is -0.0535. The van der Waals surface area contributed by atoms with Crippen molar-refractivity contribution in [3.8, 4) is 0 Å². The molecule has 5 heteroatoms. The summed E-state index contributed by atoms with van der Waals surface area (Å²) in [7, 11) is -1.00. The van der Waals surface area contributed by atoms with Crippen LogP contribution >= 0.6 is 0 Å². The molecule has 0 aromatic heterocycles. The molecule has 0 bridgehead atoms. The van der Waals surface area contributed by atoms with E-state index in [2.05, 4.69) is 0 Å². The van der Waals surface area contributed by atoms with E-state index in [1.807, 2.05) is 60.7 Å². The van der Waals surface area contributed by atoms with Crippen molar-refractivity contribution in [3.63, 3.8) is 0 Å². The Morgan fingerprint density at radius 1 is 0.833 bits per heavy atom. The molecule has 4 nitrogen and oxygen atoms in total. The number of benzene rings is 2. The van der Waals surface area contributed by atoms with Gasteiger partial charge in [0.05, 0.1) is 26.4 Å². The van der Waals surface area contributed by atoms with Crippen LogP contribution in [0.25, 0.3) is 0 Å². The average molecular weight is 348 g/mol. The van der Waals surface area contributed by atoms with E-state index in [-0.39, 0.29) is 12.0 Å². The van der Waals surface area contributed by atoms with Crippen molar-refractivity contribution in [2.75, 3.05) is 25.4 Å². The molecule has 2 aromatic rings. The second-order valence-corrected chi connectivity index (χ2v) is 6.86. The number of hydrogen-bond acceptors (Lipinski definition) is 4. The summed E-state index contributed by atoms with van der Waals surface area (Å²) < 4.78 is 28.3. The van der Waals surface area contributed by atoms with E-state index in [1.54, 1.807) is 6.26 Å². The van der Waals surface area contributed by atoms with E-state index in [1.165, 1.54) is 0 Å². The number of hydrogen-bond donors (Lipinski definition) is 0. The lowest BCUT2D eigenvalue weighted by Crippen LogP contribution is -2.27. The first-order chi connectivity index (χ1) is 11.7. The zero-order valence-electron chi connectivity index (χ0n) is 13.9. The molecule has 0 aliphatic heterocycles. The predicted molar refractivity (Wildman–Crippen MR) is 96.0 cm³/mol.